The number of rotatable bonds is 15. The van der Waals surface area contributed by atoms with Crippen molar-refractivity contribution < 1.29 is 13.3 Å². The van der Waals surface area contributed by atoms with Crippen molar-refractivity contribution in [2.45, 2.75) is 82.8 Å². The summed E-state index contributed by atoms with van der Waals surface area (Å²) in [5.41, 5.74) is 2.61. The van der Waals surface area contributed by atoms with Crippen LogP contribution in [0.25, 0.3) is 0 Å². The Morgan fingerprint density at radius 3 is 0.768 bits per heavy atom. The number of hydrogen-bond donors (Lipinski definition) is 0. The lowest BCUT2D eigenvalue weighted by atomic mass is 9.69. The molecule has 0 saturated carbocycles. The monoisotopic (exact) mass is 1230 g/mol. The van der Waals surface area contributed by atoms with Crippen molar-refractivity contribution in [1.82, 2.24) is 0 Å². The highest BCUT2D eigenvalue weighted by molar-refractivity contribution is 14.1. The highest BCUT2D eigenvalue weighted by Gasteiger charge is 2.55. The van der Waals surface area contributed by atoms with E-state index in [4.69, 9.17) is 13.3 Å². The molecule has 0 aromatic heterocycles. The lowest BCUT2D eigenvalue weighted by Crippen LogP contribution is -2.68. The molecule has 10 aromatic rings. The first kappa shape index (κ1) is 57.8. The summed E-state index contributed by atoms with van der Waals surface area (Å²) in [6.07, 6.45) is 0. The van der Waals surface area contributed by atoms with Crippen molar-refractivity contribution in [3.05, 3.63) is 305 Å². The molecule has 0 saturated heterocycles. The van der Waals surface area contributed by atoms with Crippen LogP contribution in [-0.4, -0.2) is 25.0 Å². The SMILES string of the molecule is CC(C)(C)[Si](Oc1cccc(C(C#Cc2ccc(I)cc2)(c2cccc(O[Si](c3ccccc3)(c3ccccc3)C(C)(C)C)c2)c2cccc(O[Si](c3ccccc3)(c3ccccc3)C(C)(C)C)c2)c1)(c1ccccc1)c1ccccc1. The highest BCUT2D eigenvalue weighted by Crippen LogP contribution is 2.46. The summed E-state index contributed by atoms with van der Waals surface area (Å²) < 4.78 is 24.9. The quantitative estimate of drug-likeness (QED) is 0.0443. The fourth-order valence-electron chi connectivity index (χ4n) is 12.3. The van der Waals surface area contributed by atoms with Crippen molar-refractivity contribution >= 4 is 78.7 Å². The van der Waals surface area contributed by atoms with E-state index in [1.165, 1.54) is 31.1 Å². The molecule has 0 aliphatic heterocycles. The second kappa shape index (κ2) is 23.8. The molecule has 0 atom stereocenters. The van der Waals surface area contributed by atoms with Gasteiger partial charge in [-0.1, -0.05) is 293 Å². The molecule has 82 heavy (non-hydrogen) atoms. The maximum atomic E-state index is 7.92. The Hall–Kier alpha value is -7.46. The zero-order chi connectivity index (χ0) is 57.6. The summed E-state index contributed by atoms with van der Waals surface area (Å²) in [6, 6.07) is 100. The molecule has 0 unspecified atom stereocenters. The first-order valence-corrected chi connectivity index (χ1v) is 35.2. The maximum Gasteiger partial charge on any atom is 0.319 e. The topological polar surface area (TPSA) is 27.7 Å². The molecule has 0 spiro atoms. The molecular formula is C75H73IO3Si3. The van der Waals surface area contributed by atoms with Crippen LogP contribution in [0, 0.1) is 15.4 Å². The van der Waals surface area contributed by atoms with Gasteiger partial charge < -0.3 is 13.3 Å². The normalized spacial score (nSPS) is 12.4. The van der Waals surface area contributed by atoms with Gasteiger partial charge >= 0.3 is 25.0 Å². The average Bonchev–Trinajstić information content (AvgIpc) is 1.46. The molecule has 3 nitrogen and oxygen atoms in total. The Morgan fingerprint density at radius 1 is 0.293 bits per heavy atom. The van der Waals surface area contributed by atoms with Crippen LogP contribution in [0.1, 0.15) is 84.6 Å². The van der Waals surface area contributed by atoms with Crippen LogP contribution in [0.3, 0.4) is 0 Å². The predicted octanol–water partition coefficient (Wildman–Crippen LogP) is 15.5. The van der Waals surface area contributed by atoms with Gasteiger partial charge in [-0.05, 0) is 146 Å². The molecule has 0 aliphatic carbocycles. The van der Waals surface area contributed by atoms with E-state index in [9.17, 15) is 0 Å². The standard InChI is InChI=1S/C75H73IO3Si3/c1-72(2,3)80(66-37-16-10-17-38-66,67-39-18-11-19-40-67)77-63-34-28-31-59(55-63)75(54-53-58-49-51-62(76)52-50-58,60-32-29-35-64(56-60)78-81(73(4,5)6,68-41-20-12-21-42-68)69-43-22-13-23-44-69)61-33-30-36-65(57-61)79-82(74(7,8)9,70-45-24-14-25-46-70)71-47-26-15-27-48-71/h10-52,55-57H,1-9H3. The van der Waals surface area contributed by atoms with Gasteiger partial charge in [-0.15, -0.1) is 0 Å². The van der Waals surface area contributed by atoms with Gasteiger partial charge in [0.25, 0.3) is 0 Å². The number of hydrogen-bond acceptors (Lipinski definition) is 3. The van der Waals surface area contributed by atoms with Crippen LogP contribution in [0.4, 0.5) is 0 Å². The largest absolute Gasteiger partial charge is 0.534 e. The molecule has 10 rings (SSSR count). The summed E-state index contributed by atoms with van der Waals surface area (Å²) >= 11 is 2.37. The van der Waals surface area contributed by atoms with Gasteiger partial charge in [0.2, 0.25) is 0 Å². The van der Waals surface area contributed by atoms with E-state index in [1.54, 1.807) is 0 Å². The van der Waals surface area contributed by atoms with Crippen LogP contribution < -0.4 is 44.4 Å². The van der Waals surface area contributed by atoms with Crippen LogP contribution in [0.2, 0.25) is 15.1 Å². The third-order valence-electron chi connectivity index (χ3n) is 16.1. The van der Waals surface area contributed by atoms with E-state index in [2.05, 4.69) is 376 Å². The lowest BCUT2D eigenvalue weighted by molar-refractivity contribution is 0.504. The van der Waals surface area contributed by atoms with Crippen LogP contribution in [-0.2, 0) is 5.41 Å². The average molecular weight is 1230 g/mol. The summed E-state index contributed by atoms with van der Waals surface area (Å²) in [5.74, 6) is 10.2. The highest BCUT2D eigenvalue weighted by atomic mass is 127. The van der Waals surface area contributed by atoms with E-state index in [1.807, 2.05) is 0 Å². The summed E-state index contributed by atoms with van der Waals surface area (Å²) in [7, 11) is -9.33. The van der Waals surface area contributed by atoms with E-state index < -0.39 is 30.4 Å². The van der Waals surface area contributed by atoms with Gasteiger partial charge in [0.05, 0.1) is 0 Å². The Morgan fingerprint density at radius 2 is 0.537 bits per heavy atom. The molecule has 0 bridgehead atoms. The van der Waals surface area contributed by atoms with E-state index >= 15 is 0 Å². The molecule has 410 valence electrons. The minimum atomic E-state index is -3.11. The van der Waals surface area contributed by atoms with Gasteiger partial charge in [0, 0.05) is 9.13 Å². The van der Waals surface area contributed by atoms with Crippen LogP contribution in [0.5, 0.6) is 17.2 Å². The van der Waals surface area contributed by atoms with Crippen LogP contribution >= 0.6 is 22.6 Å². The van der Waals surface area contributed by atoms with Gasteiger partial charge in [0.1, 0.15) is 22.7 Å². The predicted molar refractivity (Wildman–Crippen MR) is 360 cm³/mol. The van der Waals surface area contributed by atoms with Crippen LogP contribution in [0.15, 0.2) is 279 Å². The Kier molecular flexibility index (Phi) is 16.8. The Bertz CT molecular complexity index is 3320. The van der Waals surface area contributed by atoms with Gasteiger partial charge in [-0.3, -0.25) is 0 Å². The van der Waals surface area contributed by atoms with Crippen molar-refractivity contribution in [3.8, 4) is 29.1 Å². The lowest BCUT2D eigenvalue weighted by Gasteiger charge is -2.43. The first-order valence-electron chi connectivity index (χ1n) is 28.4. The van der Waals surface area contributed by atoms with Gasteiger partial charge in [-0.2, -0.15) is 0 Å². The summed E-state index contributed by atoms with van der Waals surface area (Å²) in [6.45, 7) is 21.0. The number of benzene rings is 10. The fraction of sp³-hybridized carbons (Fsp3) is 0.173. The van der Waals surface area contributed by atoms with E-state index in [0.29, 0.717) is 0 Å². The number of halogens is 1. The van der Waals surface area contributed by atoms with E-state index in [-0.39, 0.29) is 15.1 Å². The van der Waals surface area contributed by atoms with Gasteiger partial charge in [0.15, 0.2) is 0 Å². The molecule has 0 radical (unpaired) electrons. The second-order valence-electron chi connectivity index (χ2n) is 24.4. The zero-order valence-electron chi connectivity index (χ0n) is 48.7. The second-order valence-corrected chi connectivity index (χ2v) is 38.3. The smallest absolute Gasteiger partial charge is 0.319 e. The molecule has 7 heteroatoms. The Labute approximate surface area is 505 Å². The minimum Gasteiger partial charge on any atom is -0.534 e. The molecule has 0 N–H and O–H groups in total. The summed E-state index contributed by atoms with van der Waals surface area (Å²) in [5, 5.41) is 6.34. The van der Waals surface area contributed by atoms with Crippen molar-refractivity contribution in [2.24, 2.45) is 0 Å². The third kappa shape index (κ3) is 11.1. The van der Waals surface area contributed by atoms with Gasteiger partial charge in [-0.25, -0.2) is 0 Å². The molecular weight excluding hydrogens is 1160 g/mol. The molecule has 0 heterocycles. The molecule has 0 amide bonds. The first-order chi connectivity index (χ1) is 39.4. The molecule has 0 aliphatic rings. The zero-order valence-corrected chi connectivity index (χ0v) is 53.8. The molecule has 10 aromatic carbocycles. The Balaban J connectivity index is 1.27. The van der Waals surface area contributed by atoms with Crippen molar-refractivity contribution in [2.75, 3.05) is 0 Å². The molecule has 0 fully saturated rings. The summed E-state index contributed by atoms with van der Waals surface area (Å²) in [4.78, 5) is 0. The van der Waals surface area contributed by atoms with E-state index in [0.717, 1.165) is 43.1 Å². The third-order valence-corrected chi connectivity index (χ3v) is 31.7. The maximum absolute atomic E-state index is 7.92. The minimum absolute atomic E-state index is 0.285. The fourth-order valence-corrected chi connectivity index (χ4v) is 25.9. The van der Waals surface area contributed by atoms with Crippen molar-refractivity contribution in [3.63, 3.8) is 0 Å². The van der Waals surface area contributed by atoms with Crippen molar-refractivity contribution in [1.29, 1.82) is 0 Å².